The van der Waals surface area contributed by atoms with E-state index < -0.39 is 5.97 Å². The highest BCUT2D eigenvalue weighted by molar-refractivity contribution is 7.98. The minimum Gasteiger partial charge on any atom is -0.454 e. The fourth-order valence-electron chi connectivity index (χ4n) is 1.81. The van der Waals surface area contributed by atoms with E-state index in [1.165, 1.54) is 23.1 Å². The van der Waals surface area contributed by atoms with Crippen LogP contribution >= 0.6 is 34.7 Å². The van der Waals surface area contributed by atoms with E-state index in [4.69, 9.17) is 20.9 Å². The third-order valence-corrected chi connectivity index (χ3v) is 4.84. The van der Waals surface area contributed by atoms with Gasteiger partial charge in [-0.2, -0.15) is 4.98 Å². The van der Waals surface area contributed by atoms with E-state index in [1.54, 1.807) is 12.1 Å². The average Bonchev–Trinajstić information content (AvgIpc) is 3.24. The second-order valence-electron chi connectivity index (χ2n) is 4.41. The van der Waals surface area contributed by atoms with Crippen molar-refractivity contribution in [3.8, 4) is 10.8 Å². The van der Waals surface area contributed by atoms with E-state index in [0.29, 0.717) is 22.3 Å². The standard InChI is InChI=1S/C15H11ClN2O3S2/c1-22-9-4-5-11(16)10(7-9)15(19)20-8-13-17-14(21-18-13)12-3-2-6-23-12/h2-7H,8H2,1H3. The Balaban J connectivity index is 1.67. The number of carbonyl (C=O) groups is 1. The van der Waals surface area contributed by atoms with Crippen molar-refractivity contribution >= 4 is 40.7 Å². The number of hydrogen-bond donors (Lipinski definition) is 0. The summed E-state index contributed by atoms with van der Waals surface area (Å²) >= 11 is 9.06. The maximum absolute atomic E-state index is 12.1. The fraction of sp³-hybridized carbons (Fsp3) is 0.133. The Morgan fingerprint density at radius 3 is 3.04 bits per heavy atom. The van der Waals surface area contributed by atoms with Crippen molar-refractivity contribution in [1.29, 1.82) is 0 Å². The molecule has 0 spiro atoms. The molecular weight excluding hydrogens is 356 g/mol. The van der Waals surface area contributed by atoms with Crippen molar-refractivity contribution in [2.24, 2.45) is 0 Å². The van der Waals surface area contributed by atoms with Crippen LogP contribution in [0.15, 0.2) is 45.1 Å². The summed E-state index contributed by atoms with van der Waals surface area (Å²) in [7, 11) is 0. The molecule has 0 saturated heterocycles. The zero-order valence-electron chi connectivity index (χ0n) is 12.0. The predicted octanol–water partition coefficient (Wildman–Crippen LogP) is 4.53. The lowest BCUT2D eigenvalue weighted by Crippen LogP contribution is -2.07. The van der Waals surface area contributed by atoms with Crippen molar-refractivity contribution in [1.82, 2.24) is 10.1 Å². The molecular formula is C15H11ClN2O3S2. The van der Waals surface area contributed by atoms with E-state index in [-0.39, 0.29) is 6.61 Å². The Morgan fingerprint density at radius 2 is 2.30 bits per heavy atom. The van der Waals surface area contributed by atoms with E-state index in [0.717, 1.165) is 9.77 Å². The second-order valence-corrected chi connectivity index (χ2v) is 6.65. The maximum Gasteiger partial charge on any atom is 0.340 e. The molecule has 0 atom stereocenters. The number of hydrogen-bond acceptors (Lipinski definition) is 7. The Labute approximate surface area is 145 Å². The van der Waals surface area contributed by atoms with E-state index >= 15 is 0 Å². The first-order chi connectivity index (χ1) is 11.2. The Morgan fingerprint density at radius 1 is 1.43 bits per heavy atom. The summed E-state index contributed by atoms with van der Waals surface area (Å²) in [6, 6.07) is 8.98. The summed E-state index contributed by atoms with van der Waals surface area (Å²) in [6.45, 7) is -0.0759. The summed E-state index contributed by atoms with van der Waals surface area (Å²) < 4.78 is 10.3. The smallest absolute Gasteiger partial charge is 0.340 e. The molecule has 1 aromatic carbocycles. The van der Waals surface area contributed by atoms with Crippen molar-refractivity contribution in [3.63, 3.8) is 0 Å². The molecule has 3 aromatic rings. The third-order valence-electron chi connectivity index (χ3n) is 2.93. The number of aromatic nitrogens is 2. The van der Waals surface area contributed by atoms with Gasteiger partial charge in [-0.1, -0.05) is 22.8 Å². The average molecular weight is 367 g/mol. The number of rotatable bonds is 5. The molecule has 2 heterocycles. The Kier molecular flexibility index (Phi) is 5.00. The lowest BCUT2D eigenvalue weighted by molar-refractivity contribution is 0.0459. The maximum atomic E-state index is 12.1. The molecule has 8 heteroatoms. The zero-order valence-corrected chi connectivity index (χ0v) is 14.4. The van der Waals surface area contributed by atoms with Crippen molar-refractivity contribution in [2.45, 2.75) is 11.5 Å². The van der Waals surface area contributed by atoms with E-state index in [9.17, 15) is 4.79 Å². The predicted molar refractivity (Wildman–Crippen MR) is 90.0 cm³/mol. The molecule has 0 N–H and O–H groups in total. The van der Waals surface area contributed by atoms with Gasteiger partial charge in [0, 0.05) is 4.90 Å². The fourth-order valence-corrected chi connectivity index (χ4v) is 3.09. The van der Waals surface area contributed by atoms with Crippen LogP contribution in [0.25, 0.3) is 10.8 Å². The second kappa shape index (κ2) is 7.16. The molecule has 0 aliphatic carbocycles. The molecule has 0 aliphatic rings. The topological polar surface area (TPSA) is 65.2 Å². The number of nitrogens with zero attached hydrogens (tertiary/aromatic N) is 2. The first-order valence-electron chi connectivity index (χ1n) is 6.54. The molecule has 5 nitrogen and oxygen atoms in total. The summed E-state index contributed by atoms with van der Waals surface area (Å²) in [4.78, 5) is 18.1. The molecule has 0 aliphatic heterocycles. The minimum absolute atomic E-state index is 0.0759. The first kappa shape index (κ1) is 16.0. The number of thioether (sulfide) groups is 1. The van der Waals surface area contributed by atoms with Crippen LogP contribution in [0.5, 0.6) is 0 Å². The van der Waals surface area contributed by atoms with Crippen molar-refractivity contribution < 1.29 is 14.1 Å². The van der Waals surface area contributed by atoms with Gasteiger partial charge in [0.05, 0.1) is 15.5 Å². The van der Waals surface area contributed by atoms with Gasteiger partial charge in [-0.15, -0.1) is 23.1 Å². The molecule has 23 heavy (non-hydrogen) atoms. The van der Waals surface area contributed by atoms with Crippen LogP contribution in [0.3, 0.4) is 0 Å². The molecule has 0 amide bonds. The molecule has 118 valence electrons. The minimum atomic E-state index is -0.520. The van der Waals surface area contributed by atoms with Gasteiger partial charge in [0.25, 0.3) is 5.89 Å². The van der Waals surface area contributed by atoms with Crippen molar-refractivity contribution in [2.75, 3.05) is 6.26 Å². The highest BCUT2D eigenvalue weighted by Gasteiger charge is 2.15. The van der Waals surface area contributed by atoms with Crippen LogP contribution in [0.1, 0.15) is 16.2 Å². The highest BCUT2D eigenvalue weighted by atomic mass is 35.5. The summed E-state index contributed by atoms with van der Waals surface area (Å²) in [5.41, 5.74) is 0.320. The number of benzene rings is 1. The lowest BCUT2D eigenvalue weighted by Gasteiger charge is -2.05. The first-order valence-corrected chi connectivity index (χ1v) is 9.02. The Hall–Kier alpha value is -1.83. The summed E-state index contributed by atoms with van der Waals surface area (Å²) in [6.07, 6.45) is 1.92. The van der Waals surface area contributed by atoms with Crippen LogP contribution in [-0.4, -0.2) is 22.4 Å². The highest BCUT2D eigenvalue weighted by Crippen LogP contribution is 2.25. The molecule has 0 saturated carbocycles. The van der Waals surface area contributed by atoms with Crippen LogP contribution in [0.4, 0.5) is 0 Å². The van der Waals surface area contributed by atoms with Gasteiger partial charge in [-0.3, -0.25) is 0 Å². The lowest BCUT2D eigenvalue weighted by atomic mass is 10.2. The summed E-state index contributed by atoms with van der Waals surface area (Å²) in [5, 5.41) is 6.06. The van der Waals surface area contributed by atoms with Crippen molar-refractivity contribution in [3.05, 3.63) is 52.1 Å². The number of carbonyl (C=O) groups excluding carboxylic acids is 1. The van der Waals surface area contributed by atoms with E-state index in [2.05, 4.69) is 10.1 Å². The van der Waals surface area contributed by atoms with Gasteiger partial charge >= 0.3 is 5.97 Å². The Bertz CT molecular complexity index is 818. The molecule has 0 bridgehead atoms. The zero-order chi connectivity index (χ0) is 16.2. The quantitative estimate of drug-likeness (QED) is 0.488. The SMILES string of the molecule is CSc1ccc(Cl)c(C(=O)OCc2noc(-c3cccs3)n2)c1. The monoisotopic (exact) mass is 366 g/mol. The van der Waals surface area contributed by atoms with Gasteiger partial charge in [-0.05, 0) is 35.9 Å². The van der Waals surface area contributed by atoms with Crippen LogP contribution in [0, 0.1) is 0 Å². The molecule has 0 radical (unpaired) electrons. The molecule has 0 unspecified atom stereocenters. The summed E-state index contributed by atoms with van der Waals surface area (Å²) in [5.74, 6) is 0.195. The molecule has 3 rings (SSSR count). The van der Waals surface area contributed by atoms with Gasteiger partial charge in [-0.25, -0.2) is 4.79 Å². The number of halogens is 1. The van der Waals surface area contributed by atoms with E-state index in [1.807, 2.05) is 29.8 Å². The van der Waals surface area contributed by atoms with Crippen LogP contribution in [0.2, 0.25) is 5.02 Å². The van der Waals surface area contributed by atoms with Gasteiger partial charge < -0.3 is 9.26 Å². The van der Waals surface area contributed by atoms with Gasteiger partial charge in [0.15, 0.2) is 6.61 Å². The van der Waals surface area contributed by atoms with Gasteiger partial charge in [0.2, 0.25) is 5.82 Å². The van der Waals surface area contributed by atoms with Crippen LogP contribution in [-0.2, 0) is 11.3 Å². The number of thiophene rings is 1. The normalized spacial score (nSPS) is 10.7. The van der Waals surface area contributed by atoms with Crippen LogP contribution < -0.4 is 0 Å². The largest absolute Gasteiger partial charge is 0.454 e. The molecule has 2 aromatic heterocycles. The van der Waals surface area contributed by atoms with Gasteiger partial charge in [0.1, 0.15) is 0 Å². The number of esters is 1. The third kappa shape index (κ3) is 3.74. The molecule has 0 fully saturated rings. The number of ether oxygens (including phenoxy) is 1.